The van der Waals surface area contributed by atoms with Gasteiger partial charge in [0, 0.05) is 12.4 Å². The van der Waals surface area contributed by atoms with Gasteiger partial charge in [-0.05, 0) is 24.4 Å². The van der Waals surface area contributed by atoms with Crippen molar-refractivity contribution in [1.29, 1.82) is 0 Å². The minimum absolute atomic E-state index is 0.365. The average molecular weight is 328 g/mol. The van der Waals surface area contributed by atoms with E-state index in [0.29, 0.717) is 5.17 Å². The molecular weight excluding hydrogens is 312 g/mol. The summed E-state index contributed by atoms with van der Waals surface area (Å²) in [5.74, 6) is -0.365. The van der Waals surface area contributed by atoms with Crippen molar-refractivity contribution in [3.05, 3.63) is 36.4 Å². The average Bonchev–Trinajstić information content (AvgIpc) is 2.55. The molecule has 23 heavy (non-hydrogen) atoms. The molecule has 0 aromatic heterocycles. The van der Waals surface area contributed by atoms with Gasteiger partial charge < -0.3 is 10.6 Å². The third-order valence-corrected chi connectivity index (χ3v) is 4.45. The number of hydrogen-bond acceptors (Lipinski definition) is 5. The zero-order chi connectivity index (χ0) is 16.4. The van der Waals surface area contributed by atoms with Crippen molar-refractivity contribution in [2.75, 3.05) is 12.4 Å². The number of amides is 3. The summed E-state index contributed by atoms with van der Waals surface area (Å²) in [6.07, 6.45) is 0. The first kappa shape index (κ1) is 15.4. The molecular formula is C16H16N4O2S. The molecule has 0 bridgehead atoms. The van der Waals surface area contributed by atoms with Gasteiger partial charge in [0.25, 0.3) is 0 Å². The van der Waals surface area contributed by atoms with Crippen LogP contribution >= 0.6 is 11.8 Å². The van der Waals surface area contributed by atoms with E-state index in [2.05, 4.69) is 20.9 Å². The number of nitrogens with one attached hydrogen (secondary N) is 3. The van der Waals surface area contributed by atoms with Crippen LogP contribution in [0.5, 0.6) is 0 Å². The highest BCUT2D eigenvalue weighted by atomic mass is 32.2. The zero-order valence-electron chi connectivity index (χ0n) is 12.7. The van der Waals surface area contributed by atoms with E-state index in [-0.39, 0.29) is 5.91 Å². The van der Waals surface area contributed by atoms with Crippen molar-refractivity contribution in [2.24, 2.45) is 4.99 Å². The number of amidine groups is 1. The number of benzene rings is 2. The Bertz CT molecular complexity index is 814. The van der Waals surface area contributed by atoms with Crippen molar-refractivity contribution in [3.63, 3.8) is 0 Å². The monoisotopic (exact) mass is 328 g/mol. The molecule has 2 aromatic rings. The molecule has 0 radical (unpaired) electrons. The molecule has 7 heteroatoms. The van der Waals surface area contributed by atoms with E-state index in [9.17, 15) is 9.59 Å². The Balaban J connectivity index is 1.80. The minimum Gasteiger partial charge on any atom is -0.341 e. The van der Waals surface area contributed by atoms with Crippen LogP contribution in [-0.2, 0) is 4.79 Å². The quantitative estimate of drug-likeness (QED) is 0.792. The van der Waals surface area contributed by atoms with Gasteiger partial charge in [-0.1, -0.05) is 36.0 Å². The summed E-state index contributed by atoms with van der Waals surface area (Å²) in [6.45, 7) is 1.73. The van der Waals surface area contributed by atoms with E-state index in [1.807, 2.05) is 36.4 Å². The van der Waals surface area contributed by atoms with Crippen molar-refractivity contribution >= 4 is 51.0 Å². The van der Waals surface area contributed by atoms with Gasteiger partial charge in [-0.2, -0.15) is 0 Å². The second-order valence-corrected chi connectivity index (χ2v) is 6.38. The number of urea groups is 1. The lowest BCUT2D eigenvalue weighted by Gasteiger charge is -2.20. The minimum atomic E-state index is -0.517. The standard InChI is InChI=1S/C16H16N4O2S/c1-9(14(21)20-15(22)17-2)23-16-18-11-7-3-5-10-6-4-8-12(19-16)13(10)11/h3-9H,1-2H3,(H,18,19)(H2,17,20,21,22)/t9-/m0/s1. The lowest BCUT2D eigenvalue weighted by atomic mass is 10.1. The predicted molar refractivity (Wildman–Crippen MR) is 94.3 cm³/mol. The molecule has 0 fully saturated rings. The van der Waals surface area contributed by atoms with Crippen LogP contribution in [0.2, 0.25) is 0 Å². The summed E-state index contributed by atoms with van der Waals surface area (Å²) in [4.78, 5) is 27.7. The van der Waals surface area contributed by atoms with Gasteiger partial charge in [0.15, 0.2) is 5.17 Å². The van der Waals surface area contributed by atoms with Crippen molar-refractivity contribution < 1.29 is 9.59 Å². The van der Waals surface area contributed by atoms with Gasteiger partial charge >= 0.3 is 6.03 Å². The molecule has 0 spiro atoms. The molecule has 1 aliphatic heterocycles. The largest absolute Gasteiger partial charge is 0.341 e. The highest BCUT2D eigenvalue weighted by Gasteiger charge is 2.21. The molecule has 0 aliphatic carbocycles. The summed E-state index contributed by atoms with van der Waals surface area (Å²) in [6, 6.07) is 11.4. The van der Waals surface area contributed by atoms with Crippen LogP contribution in [0.25, 0.3) is 10.8 Å². The molecule has 3 amide bonds. The number of anilines is 1. The van der Waals surface area contributed by atoms with Crippen LogP contribution < -0.4 is 16.0 Å². The first-order valence-electron chi connectivity index (χ1n) is 7.15. The lowest BCUT2D eigenvalue weighted by molar-refractivity contribution is -0.119. The zero-order valence-corrected chi connectivity index (χ0v) is 13.5. The molecule has 3 N–H and O–H groups in total. The van der Waals surface area contributed by atoms with Crippen LogP contribution in [0.15, 0.2) is 41.4 Å². The molecule has 0 saturated carbocycles. The summed E-state index contributed by atoms with van der Waals surface area (Å²) >= 11 is 1.28. The molecule has 118 valence electrons. The first-order chi connectivity index (χ1) is 11.1. The van der Waals surface area contributed by atoms with Crippen LogP contribution in [0, 0.1) is 0 Å². The van der Waals surface area contributed by atoms with Crippen LogP contribution in [0.1, 0.15) is 6.92 Å². The molecule has 1 aliphatic rings. The third-order valence-electron chi connectivity index (χ3n) is 3.47. The highest BCUT2D eigenvalue weighted by Crippen LogP contribution is 2.37. The molecule has 6 nitrogen and oxygen atoms in total. The van der Waals surface area contributed by atoms with Crippen molar-refractivity contribution in [1.82, 2.24) is 10.6 Å². The predicted octanol–water partition coefficient (Wildman–Crippen LogP) is 2.83. The Kier molecular flexibility index (Phi) is 4.20. The summed E-state index contributed by atoms with van der Waals surface area (Å²) < 4.78 is 0. The Hall–Kier alpha value is -2.54. The van der Waals surface area contributed by atoms with E-state index >= 15 is 0 Å². The Morgan fingerprint density at radius 2 is 1.96 bits per heavy atom. The summed E-state index contributed by atoms with van der Waals surface area (Å²) in [5.41, 5.74) is 1.84. The number of carbonyl (C=O) groups is 2. The van der Waals surface area contributed by atoms with E-state index in [1.165, 1.54) is 18.8 Å². The molecule has 0 unspecified atom stereocenters. The smallest absolute Gasteiger partial charge is 0.321 e. The van der Waals surface area contributed by atoms with Gasteiger partial charge in [0.1, 0.15) is 0 Å². The van der Waals surface area contributed by atoms with E-state index < -0.39 is 11.3 Å². The van der Waals surface area contributed by atoms with Crippen LogP contribution in [0.3, 0.4) is 0 Å². The SMILES string of the molecule is CNC(=O)NC(=O)[C@H](C)SC1=Nc2cccc3cccc(c23)N1. The Labute approximate surface area is 137 Å². The number of hydrogen-bond donors (Lipinski definition) is 3. The first-order valence-corrected chi connectivity index (χ1v) is 8.03. The molecule has 2 aromatic carbocycles. The molecule has 0 saturated heterocycles. The van der Waals surface area contributed by atoms with Crippen molar-refractivity contribution in [2.45, 2.75) is 12.2 Å². The van der Waals surface area contributed by atoms with Gasteiger partial charge in [-0.15, -0.1) is 0 Å². The van der Waals surface area contributed by atoms with Gasteiger partial charge in [0.2, 0.25) is 5.91 Å². The fourth-order valence-corrected chi connectivity index (χ4v) is 3.14. The van der Waals surface area contributed by atoms with Crippen molar-refractivity contribution in [3.8, 4) is 0 Å². The van der Waals surface area contributed by atoms with Gasteiger partial charge in [-0.3, -0.25) is 10.1 Å². The van der Waals surface area contributed by atoms with Crippen LogP contribution in [0.4, 0.5) is 16.2 Å². The maximum Gasteiger partial charge on any atom is 0.321 e. The van der Waals surface area contributed by atoms with Gasteiger partial charge in [-0.25, -0.2) is 9.79 Å². The maximum atomic E-state index is 11.9. The number of thioether (sulfide) groups is 1. The number of aliphatic imine (C=N–C) groups is 1. The number of nitrogens with zero attached hydrogens (tertiary/aromatic N) is 1. The molecule has 1 heterocycles. The highest BCUT2D eigenvalue weighted by molar-refractivity contribution is 8.15. The Morgan fingerprint density at radius 1 is 1.22 bits per heavy atom. The number of rotatable bonds is 2. The summed E-state index contributed by atoms with van der Waals surface area (Å²) in [5, 5.41) is 10.2. The van der Waals surface area contributed by atoms with Gasteiger partial charge in [0.05, 0.1) is 16.6 Å². The third kappa shape index (κ3) is 3.14. The fourth-order valence-electron chi connectivity index (χ4n) is 2.32. The lowest BCUT2D eigenvalue weighted by Crippen LogP contribution is -2.41. The maximum absolute atomic E-state index is 11.9. The molecule has 3 rings (SSSR count). The number of imide groups is 1. The summed E-state index contributed by atoms with van der Waals surface area (Å²) in [7, 11) is 1.46. The van der Waals surface area contributed by atoms with E-state index in [0.717, 1.165) is 22.1 Å². The molecule has 1 atom stereocenters. The fraction of sp³-hybridized carbons (Fsp3) is 0.188. The topological polar surface area (TPSA) is 82.6 Å². The second kappa shape index (κ2) is 6.29. The normalized spacial score (nSPS) is 13.7. The second-order valence-electron chi connectivity index (χ2n) is 5.05. The van der Waals surface area contributed by atoms with Crippen LogP contribution in [-0.4, -0.2) is 29.4 Å². The van der Waals surface area contributed by atoms with E-state index in [4.69, 9.17) is 0 Å². The number of carbonyl (C=O) groups excluding carboxylic acids is 2. The Morgan fingerprint density at radius 3 is 2.70 bits per heavy atom. The van der Waals surface area contributed by atoms with E-state index in [1.54, 1.807) is 6.92 Å².